The highest BCUT2D eigenvalue weighted by Gasteiger charge is 2.12. The molecule has 22 heavy (non-hydrogen) atoms. The summed E-state index contributed by atoms with van der Waals surface area (Å²) in [5, 5.41) is 12.0. The molecule has 0 aromatic carbocycles. The van der Waals surface area contributed by atoms with Crippen molar-refractivity contribution in [1.82, 2.24) is 29.8 Å². The van der Waals surface area contributed by atoms with Crippen molar-refractivity contribution in [2.24, 2.45) is 19.1 Å². The molecule has 2 rings (SSSR count). The quantitative estimate of drug-likeness (QED) is 0.675. The van der Waals surface area contributed by atoms with Crippen LogP contribution >= 0.6 is 0 Å². The van der Waals surface area contributed by atoms with E-state index in [1.54, 1.807) is 7.05 Å². The zero-order valence-electron chi connectivity index (χ0n) is 14.3. The first-order valence-electron chi connectivity index (χ1n) is 7.30. The van der Waals surface area contributed by atoms with E-state index in [1.807, 2.05) is 49.8 Å². The van der Waals surface area contributed by atoms with E-state index in [0.717, 1.165) is 30.3 Å². The Morgan fingerprint density at radius 3 is 2.59 bits per heavy atom. The van der Waals surface area contributed by atoms with Crippen LogP contribution in [0.3, 0.4) is 0 Å². The van der Waals surface area contributed by atoms with Crippen molar-refractivity contribution in [2.75, 3.05) is 14.1 Å². The van der Waals surface area contributed by atoms with E-state index in [9.17, 15) is 0 Å². The molecule has 0 aliphatic heterocycles. The summed E-state index contributed by atoms with van der Waals surface area (Å²) in [5.74, 6) is 0.853. The van der Waals surface area contributed by atoms with Crippen LogP contribution in [-0.2, 0) is 27.2 Å². The number of aliphatic imine (C=N–C) groups is 1. The van der Waals surface area contributed by atoms with Crippen molar-refractivity contribution in [3.63, 3.8) is 0 Å². The lowest BCUT2D eigenvalue weighted by Crippen LogP contribution is -2.38. The number of hydrogen-bond acceptors (Lipinski definition) is 3. The molecule has 0 radical (unpaired) electrons. The number of aryl methyl sites for hydroxylation is 3. The third-order valence-electron chi connectivity index (χ3n) is 3.83. The highest BCUT2D eigenvalue weighted by atomic mass is 15.3. The van der Waals surface area contributed by atoms with Crippen molar-refractivity contribution in [2.45, 2.75) is 26.9 Å². The lowest BCUT2D eigenvalue weighted by molar-refractivity contribution is 0.476. The molecule has 0 amide bonds. The predicted molar refractivity (Wildman–Crippen MR) is 87.6 cm³/mol. The third-order valence-corrected chi connectivity index (χ3v) is 3.83. The van der Waals surface area contributed by atoms with Gasteiger partial charge in [0.2, 0.25) is 0 Å². The fourth-order valence-corrected chi connectivity index (χ4v) is 2.53. The van der Waals surface area contributed by atoms with E-state index >= 15 is 0 Å². The largest absolute Gasteiger partial charge is 0.352 e. The first-order chi connectivity index (χ1) is 10.4. The molecular weight excluding hydrogens is 278 g/mol. The Balaban J connectivity index is 2.00. The number of guanidine groups is 1. The SMILES string of the molecule is CN=C(NCc1c(C)nn(C)c1C)N(C)Cc1cnn(C)c1. The minimum Gasteiger partial charge on any atom is -0.352 e. The number of aromatic nitrogens is 4. The summed E-state index contributed by atoms with van der Waals surface area (Å²) in [6, 6.07) is 0. The second kappa shape index (κ2) is 6.64. The van der Waals surface area contributed by atoms with E-state index in [2.05, 4.69) is 32.3 Å². The number of nitrogens with one attached hydrogen (secondary N) is 1. The molecule has 2 heterocycles. The summed E-state index contributed by atoms with van der Waals surface area (Å²) in [6.07, 6.45) is 3.89. The molecule has 1 N–H and O–H groups in total. The number of nitrogens with zero attached hydrogens (tertiary/aromatic N) is 6. The Morgan fingerprint density at radius 2 is 2.09 bits per heavy atom. The van der Waals surface area contributed by atoms with Crippen molar-refractivity contribution in [3.8, 4) is 0 Å². The Kier molecular flexibility index (Phi) is 4.85. The van der Waals surface area contributed by atoms with E-state index < -0.39 is 0 Å². The standard InChI is InChI=1S/C15H25N7/c1-11-14(12(2)22(6)19-11)8-17-15(16-3)20(4)9-13-7-18-21(5)10-13/h7,10H,8-9H2,1-6H3,(H,16,17). The second-order valence-corrected chi connectivity index (χ2v) is 5.55. The van der Waals surface area contributed by atoms with Crippen LogP contribution in [0.15, 0.2) is 17.4 Å². The topological polar surface area (TPSA) is 63.3 Å². The molecule has 2 aromatic rings. The van der Waals surface area contributed by atoms with Crippen LogP contribution in [0.1, 0.15) is 22.5 Å². The molecule has 0 bridgehead atoms. The van der Waals surface area contributed by atoms with Gasteiger partial charge in [-0.3, -0.25) is 14.4 Å². The third kappa shape index (κ3) is 3.47. The van der Waals surface area contributed by atoms with Gasteiger partial charge in [-0.25, -0.2) is 0 Å². The van der Waals surface area contributed by atoms with Gasteiger partial charge in [-0.05, 0) is 13.8 Å². The predicted octanol–water partition coefficient (Wildman–Crippen LogP) is 0.978. The van der Waals surface area contributed by atoms with Gasteiger partial charge in [0.15, 0.2) is 5.96 Å². The molecule has 7 nitrogen and oxygen atoms in total. The molecule has 2 aromatic heterocycles. The molecule has 120 valence electrons. The summed E-state index contributed by atoms with van der Waals surface area (Å²) in [7, 11) is 7.70. The first-order valence-corrected chi connectivity index (χ1v) is 7.30. The summed E-state index contributed by atoms with van der Waals surface area (Å²) >= 11 is 0. The molecule has 0 saturated heterocycles. The van der Waals surface area contributed by atoms with Gasteiger partial charge >= 0.3 is 0 Å². The van der Waals surface area contributed by atoms with E-state index in [4.69, 9.17) is 0 Å². The molecule has 0 unspecified atom stereocenters. The van der Waals surface area contributed by atoms with Gasteiger partial charge in [0.05, 0.1) is 11.9 Å². The highest BCUT2D eigenvalue weighted by molar-refractivity contribution is 5.79. The van der Waals surface area contributed by atoms with Crippen LogP contribution in [0.4, 0.5) is 0 Å². The number of hydrogen-bond donors (Lipinski definition) is 1. The van der Waals surface area contributed by atoms with Crippen LogP contribution in [0, 0.1) is 13.8 Å². The maximum Gasteiger partial charge on any atom is 0.193 e. The van der Waals surface area contributed by atoms with Crippen LogP contribution in [0.5, 0.6) is 0 Å². The molecule has 0 spiro atoms. The molecule has 0 aliphatic carbocycles. The van der Waals surface area contributed by atoms with Crippen LogP contribution < -0.4 is 5.32 Å². The Hall–Kier alpha value is -2.31. The van der Waals surface area contributed by atoms with Gasteiger partial charge < -0.3 is 10.2 Å². The minimum atomic E-state index is 0.718. The fourth-order valence-electron chi connectivity index (χ4n) is 2.53. The molecule has 0 fully saturated rings. The number of rotatable bonds is 4. The zero-order chi connectivity index (χ0) is 16.3. The lowest BCUT2D eigenvalue weighted by Gasteiger charge is -2.21. The van der Waals surface area contributed by atoms with Gasteiger partial charge in [0.1, 0.15) is 0 Å². The van der Waals surface area contributed by atoms with Crippen molar-refractivity contribution in [3.05, 3.63) is 34.9 Å². The van der Waals surface area contributed by atoms with Crippen molar-refractivity contribution < 1.29 is 0 Å². The lowest BCUT2D eigenvalue weighted by atomic mass is 10.2. The maximum atomic E-state index is 4.44. The van der Waals surface area contributed by atoms with E-state index in [1.165, 1.54) is 11.3 Å². The maximum absolute atomic E-state index is 4.44. The summed E-state index contributed by atoms with van der Waals surface area (Å²) in [4.78, 5) is 6.43. The normalized spacial score (nSPS) is 11.8. The Bertz CT molecular complexity index is 665. The fraction of sp³-hybridized carbons (Fsp3) is 0.533. The van der Waals surface area contributed by atoms with Gasteiger partial charge in [0, 0.05) is 64.3 Å². The molecular formula is C15H25N7. The average Bonchev–Trinajstić information content (AvgIpc) is 2.97. The van der Waals surface area contributed by atoms with Gasteiger partial charge in [0.25, 0.3) is 0 Å². The van der Waals surface area contributed by atoms with Gasteiger partial charge in [-0.1, -0.05) is 0 Å². The van der Waals surface area contributed by atoms with E-state index in [-0.39, 0.29) is 0 Å². The first kappa shape index (κ1) is 16.1. The zero-order valence-corrected chi connectivity index (χ0v) is 14.3. The molecule has 0 aliphatic rings. The van der Waals surface area contributed by atoms with Crippen molar-refractivity contribution >= 4 is 5.96 Å². The minimum absolute atomic E-state index is 0.718. The Labute approximate surface area is 131 Å². The van der Waals surface area contributed by atoms with Crippen LogP contribution in [-0.4, -0.2) is 44.5 Å². The monoisotopic (exact) mass is 303 g/mol. The van der Waals surface area contributed by atoms with E-state index in [0.29, 0.717) is 0 Å². The Morgan fingerprint density at radius 1 is 1.36 bits per heavy atom. The summed E-state index contributed by atoms with van der Waals surface area (Å²) < 4.78 is 3.72. The van der Waals surface area contributed by atoms with Crippen LogP contribution in [0.2, 0.25) is 0 Å². The summed E-state index contributed by atoms with van der Waals surface area (Å²) in [6.45, 7) is 5.60. The highest BCUT2D eigenvalue weighted by Crippen LogP contribution is 2.11. The molecule has 7 heteroatoms. The average molecular weight is 303 g/mol. The molecule has 0 atom stereocenters. The van der Waals surface area contributed by atoms with Crippen molar-refractivity contribution in [1.29, 1.82) is 0 Å². The molecule has 0 saturated carbocycles. The smallest absolute Gasteiger partial charge is 0.193 e. The van der Waals surface area contributed by atoms with Crippen LogP contribution in [0.25, 0.3) is 0 Å². The van der Waals surface area contributed by atoms with Gasteiger partial charge in [-0.15, -0.1) is 0 Å². The summed E-state index contributed by atoms with van der Waals surface area (Å²) in [5.41, 5.74) is 4.60. The second-order valence-electron chi connectivity index (χ2n) is 5.55. The van der Waals surface area contributed by atoms with Gasteiger partial charge in [-0.2, -0.15) is 10.2 Å².